The second kappa shape index (κ2) is 15.4. The summed E-state index contributed by atoms with van der Waals surface area (Å²) >= 11 is 0. The summed E-state index contributed by atoms with van der Waals surface area (Å²) in [7, 11) is 0. The van der Waals surface area contributed by atoms with Crippen molar-refractivity contribution in [1.29, 1.82) is 0 Å². The van der Waals surface area contributed by atoms with Crippen molar-refractivity contribution in [2.75, 3.05) is 13.1 Å². The van der Waals surface area contributed by atoms with Crippen molar-refractivity contribution >= 4 is 33.7 Å². The lowest BCUT2D eigenvalue weighted by Gasteiger charge is -2.26. The molecule has 50 heavy (non-hydrogen) atoms. The van der Waals surface area contributed by atoms with E-state index in [0.717, 1.165) is 72.4 Å². The van der Waals surface area contributed by atoms with E-state index >= 15 is 0 Å². The summed E-state index contributed by atoms with van der Waals surface area (Å²) in [5.41, 5.74) is 5.82. The van der Waals surface area contributed by atoms with E-state index in [-0.39, 0.29) is 17.9 Å². The Morgan fingerprint density at radius 2 is 1.42 bits per heavy atom. The molecule has 5 N–H and O–H groups in total. The number of nitrogens with zero attached hydrogens (tertiary/aromatic N) is 3. The molecule has 4 heterocycles. The first-order chi connectivity index (χ1) is 24.2. The fourth-order valence-electron chi connectivity index (χ4n) is 6.42. The molecule has 1 atom stereocenters. The average Bonchev–Trinajstić information content (AvgIpc) is 3.85. The molecule has 0 unspecified atom stereocenters. The van der Waals surface area contributed by atoms with Crippen LogP contribution in [0, 0.1) is 5.92 Å². The van der Waals surface area contributed by atoms with E-state index in [4.69, 9.17) is 20.1 Å². The van der Waals surface area contributed by atoms with Crippen molar-refractivity contribution in [2.24, 2.45) is 5.92 Å². The standard InChI is InChI=1S/C35H37N7O.C2HF3O2/c43-35(25-16-18-36-19-17-25)39-32(20-27-22-38-31-13-7-5-11-29(27)31)34-41-40-33(42(34)23-24-8-2-1-3-9-24)15-14-26-21-37-30-12-6-4-10-28(26)30;3-2(4,5)1(6)7/h1-13,21-22,25,32,36-38H,14-20,23H2,(H,39,43);(H,6,7)/t32-;/m1./s1. The van der Waals surface area contributed by atoms with Gasteiger partial charge < -0.3 is 30.3 Å². The Morgan fingerprint density at radius 1 is 0.840 bits per heavy atom. The van der Waals surface area contributed by atoms with Crippen LogP contribution in [-0.4, -0.2) is 61.0 Å². The van der Waals surface area contributed by atoms with E-state index in [9.17, 15) is 18.0 Å². The van der Waals surface area contributed by atoms with Crippen molar-refractivity contribution in [3.63, 3.8) is 0 Å². The fourth-order valence-corrected chi connectivity index (χ4v) is 6.42. The number of hydrogen-bond donors (Lipinski definition) is 5. The van der Waals surface area contributed by atoms with E-state index in [1.54, 1.807) is 0 Å². The first-order valence-corrected chi connectivity index (χ1v) is 16.5. The molecule has 1 fully saturated rings. The molecule has 3 aromatic carbocycles. The number of aromatic amines is 2. The number of benzene rings is 3. The second-order valence-electron chi connectivity index (χ2n) is 12.4. The van der Waals surface area contributed by atoms with Gasteiger partial charge in [-0.25, -0.2) is 4.79 Å². The Balaban J connectivity index is 0.000000561. The van der Waals surface area contributed by atoms with Gasteiger partial charge >= 0.3 is 12.1 Å². The number of fused-ring (bicyclic) bond motifs is 2. The summed E-state index contributed by atoms with van der Waals surface area (Å²) in [6.45, 7) is 2.38. The molecule has 0 saturated carbocycles. The lowest BCUT2D eigenvalue weighted by atomic mass is 9.96. The van der Waals surface area contributed by atoms with Gasteiger partial charge in [-0.2, -0.15) is 13.2 Å². The molecular formula is C37H38F3N7O3. The summed E-state index contributed by atoms with van der Waals surface area (Å²) in [5.74, 6) is -0.943. The zero-order valence-corrected chi connectivity index (χ0v) is 27.2. The number of carbonyl (C=O) groups is 2. The van der Waals surface area contributed by atoms with Crippen molar-refractivity contribution in [3.05, 3.63) is 120 Å². The molecular weight excluding hydrogens is 647 g/mol. The predicted molar refractivity (Wildman–Crippen MR) is 183 cm³/mol. The summed E-state index contributed by atoms with van der Waals surface area (Å²) in [6, 6.07) is 26.8. The van der Waals surface area contributed by atoms with E-state index in [1.807, 2.05) is 12.1 Å². The zero-order chi connectivity index (χ0) is 35.1. The summed E-state index contributed by atoms with van der Waals surface area (Å²) in [5, 5.41) is 25.9. The predicted octanol–water partition coefficient (Wildman–Crippen LogP) is 6.11. The van der Waals surface area contributed by atoms with Crippen molar-refractivity contribution in [1.82, 2.24) is 35.4 Å². The Hall–Kier alpha value is -5.43. The normalized spacial score (nSPS) is 14.3. The maximum Gasteiger partial charge on any atom is 0.490 e. The maximum absolute atomic E-state index is 13.6. The average molecular weight is 686 g/mol. The van der Waals surface area contributed by atoms with Crippen LogP contribution >= 0.6 is 0 Å². The molecule has 1 aliphatic rings. The number of aryl methyl sites for hydroxylation is 2. The van der Waals surface area contributed by atoms with Crippen LogP contribution < -0.4 is 10.6 Å². The number of rotatable bonds is 10. The van der Waals surface area contributed by atoms with Crippen LogP contribution in [0.2, 0.25) is 0 Å². The molecule has 13 heteroatoms. The van der Waals surface area contributed by atoms with Crippen LogP contribution in [0.4, 0.5) is 13.2 Å². The van der Waals surface area contributed by atoms with Gasteiger partial charge in [-0.15, -0.1) is 10.2 Å². The molecule has 0 radical (unpaired) electrons. The number of H-pyrrole nitrogens is 2. The smallest absolute Gasteiger partial charge is 0.475 e. The number of hydrogen-bond acceptors (Lipinski definition) is 5. The van der Waals surface area contributed by atoms with Gasteiger partial charge in [-0.3, -0.25) is 4.79 Å². The second-order valence-corrected chi connectivity index (χ2v) is 12.4. The number of aromatic nitrogens is 5. The molecule has 0 bridgehead atoms. The topological polar surface area (TPSA) is 141 Å². The van der Waals surface area contributed by atoms with E-state index < -0.39 is 12.1 Å². The highest BCUT2D eigenvalue weighted by Gasteiger charge is 2.38. The van der Waals surface area contributed by atoms with Crippen LogP contribution in [0.1, 0.15) is 47.2 Å². The number of nitrogens with one attached hydrogen (secondary N) is 4. The Bertz CT molecular complexity index is 2050. The van der Waals surface area contributed by atoms with Crippen molar-refractivity contribution in [3.8, 4) is 0 Å². The number of para-hydroxylation sites is 2. The van der Waals surface area contributed by atoms with Gasteiger partial charge in [-0.1, -0.05) is 66.7 Å². The summed E-state index contributed by atoms with van der Waals surface area (Å²) in [4.78, 5) is 29.3. The first kappa shape index (κ1) is 34.4. The van der Waals surface area contributed by atoms with Crippen LogP contribution in [0.25, 0.3) is 21.8 Å². The summed E-state index contributed by atoms with van der Waals surface area (Å²) in [6.07, 6.45) is 2.97. The Labute approximate surface area is 286 Å². The Morgan fingerprint density at radius 3 is 2.06 bits per heavy atom. The van der Waals surface area contributed by atoms with Gasteiger partial charge in [0.15, 0.2) is 5.82 Å². The number of halogens is 3. The molecule has 0 aliphatic carbocycles. The lowest BCUT2D eigenvalue weighted by Crippen LogP contribution is -2.41. The maximum atomic E-state index is 13.6. The number of amides is 1. The van der Waals surface area contributed by atoms with Crippen LogP contribution in [0.5, 0.6) is 0 Å². The zero-order valence-electron chi connectivity index (χ0n) is 27.2. The third-order valence-corrected chi connectivity index (χ3v) is 9.01. The van der Waals surface area contributed by atoms with E-state index in [1.165, 1.54) is 16.5 Å². The highest BCUT2D eigenvalue weighted by atomic mass is 19.4. The van der Waals surface area contributed by atoms with Gasteiger partial charge in [0, 0.05) is 53.0 Å². The van der Waals surface area contributed by atoms with Gasteiger partial charge in [0.05, 0.1) is 12.6 Å². The first-order valence-electron chi connectivity index (χ1n) is 16.5. The molecule has 10 nitrogen and oxygen atoms in total. The van der Waals surface area contributed by atoms with E-state index in [0.29, 0.717) is 13.0 Å². The fraction of sp³-hybridized carbons (Fsp3) is 0.297. The number of aliphatic carboxylic acids is 1. The number of carboxylic acid groups (broad SMARTS) is 1. The van der Waals surface area contributed by atoms with Gasteiger partial charge in [0.1, 0.15) is 5.82 Å². The molecule has 3 aromatic heterocycles. The molecule has 1 aliphatic heterocycles. The van der Waals surface area contributed by atoms with Gasteiger partial charge in [0.2, 0.25) is 5.91 Å². The minimum atomic E-state index is -5.08. The quantitative estimate of drug-likeness (QED) is 0.118. The van der Waals surface area contributed by atoms with Gasteiger partial charge in [-0.05, 0) is 61.2 Å². The van der Waals surface area contributed by atoms with Crippen molar-refractivity contribution in [2.45, 2.75) is 50.9 Å². The SMILES string of the molecule is O=C(N[C@H](Cc1c[nH]c2ccccc12)c1nnc(CCc2c[nH]c3ccccc23)n1Cc1ccccc1)C1CCNCC1.O=C(O)C(F)(F)F. The van der Waals surface area contributed by atoms with E-state index in [2.05, 4.69) is 104 Å². The largest absolute Gasteiger partial charge is 0.490 e. The summed E-state index contributed by atoms with van der Waals surface area (Å²) < 4.78 is 34.0. The highest BCUT2D eigenvalue weighted by molar-refractivity contribution is 5.84. The highest BCUT2D eigenvalue weighted by Crippen LogP contribution is 2.27. The van der Waals surface area contributed by atoms with Crippen LogP contribution in [0.3, 0.4) is 0 Å². The van der Waals surface area contributed by atoms with Crippen LogP contribution in [-0.2, 0) is 35.4 Å². The minimum absolute atomic E-state index is 0.00134. The third-order valence-electron chi connectivity index (χ3n) is 9.01. The number of carboxylic acids is 1. The monoisotopic (exact) mass is 685 g/mol. The molecule has 6 aromatic rings. The molecule has 260 valence electrons. The van der Waals surface area contributed by atoms with Gasteiger partial charge in [0.25, 0.3) is 0 Å². The Kier molecular flexibility index (Phi) is 10.6. The number of carbonyl (C=O) groups excluding carboxylic acids is 1. The molecule has 7 rings (SSSR count). The van der Waals surface area contributed by atoms with Crippen molar-refractivity contribution < 1.29 is 27.9 Å². The third kappa shape index (κ3) is 8.23. The molecule has 0 spiro atoms. The number of piperidine rings is 1. The van der Waals surface area contributed by atoms with Crippen LogP contribution in [0.15, 0.2) is 91.3 Å². The molecule has 1 saturated heterocycles. The lowest BCUT2D eigenvalue weighted by molar-refractivity contribution is -0.192. The minimum Gasteiger partial charge on any atom is -0.475 e. The molecule has 1 amide bonds. The number of alkyl halides is 3.